The maximum absolute atomic E-state index is 10.8. The van der Waals surface area contributed by atoms with Gasteiger partial charge >= 0.3 is 5.97 Å². The van der Waals surface area contributed by atoms with Gasteiger partial charge in [-0.15, -0.1) is 5.48 Å². The summed E-state index contributed by atoms with van der Waals surface area (Å²) in [6.45, 7) is 1.46. The predicted molar refractivity (Wildman–Crippen MR) is 55.7 cm³/mol. The minimum atomic E-state index is -0.219. The molecule has 0 aromatic rings. The molecule has 84 valence electrons. The molecule has 0 saturated heterocycles. The Balaban J connectivity index is 1.67. The molecule has 4 saturated carbocycles. The van der Waals surface area contributed by atoms with E-state index in [1.807, 2.05) is 0 Å². The maximum atomic E-state index is 10.8. The van der Waals surface area contributed by atoms with Crippen LogP contribution in [-0.2, 0) is 9.63 Å². The highest BCUT2D eigenvalue weighted by atomic mass is 16.7. The predicted octanol–water partition coefficient (Wildman–Crippen LogP) is 1.88. The number of rotatable bonds is 2. The minimum absolute atomic E-state index is 0.219. The summed E-state index contributed by atoms with van der Waals surface area (Å²) in [6, 6.07) is 0.446. The van der Waals surface area contributed by atoms with E-state index in [1.165, 1.54) is 39.0 Å². The summed E-state index contributed by atoms with van der Waals surface area (Å²) in [5.41, 5.74) is 3.01. The van der Waals surface area contributed by atoms with Crippen LogP contribution in [0.3, 0.4) is 0 Å². The Kier molecular flexibility index (Phi) is 2.23. The highest BCUT2D eigenvalue weighted by Crippen LogP contribution is 2.53. The molecule has 0 spiro atoms. The molecule has 0 unspecified atom stereocenters. The molecule has 1 N–H and O–H groups in total. The molecule has 3 heteroatoms. The van der Waals surface area contributed by atoms with Gasteiger partial charge in [-0.3, -0.25) is 4.79 Å². The van der Waals surface area contributed by atoms with Crippen molar-refractivity contribution in [1.29, 1.82) is 0 Å². The number of hydrogen-bond acceptors (Lipinski definition) is 3. The average Bonchev–Trinajstić information content (AvgIpc) is 2.14. The zero-order chi connectivity index (χ0) is 10.4. The zero-order valence-electron chi connectivity index (χ0n) is 9.24. The van der Waals surface area contributed by atoms with Gasteiger partial charge in [-0.05, 0) is 55.8 Å². The summed E-state index contributed by atoms with van der Waals surface area (Å²) in [5, 5.41) is 0. The van der Waals surface area contributed by atoms with Crippen LogP contribution in [0.15, 0.2) is 0 Å². The van der Waals surface area contributed by atoms with Crippen LogP contribution >= 0.6 is 0 Å². The Morgan fingerprint density at radius 2 is 1.60 bits per heavy atom. The number of nitrogens with one attached hydrogen (secondary N) is 1. The Hall–Kier alpha value is -0.570. The van der Waals surface area contributed by atoms with Gasteiger partial charge in [0, 0.05) is 13.0 Å². The molecule has 3 nitrogen and oxygen atoms in total. The van der Waals surface area contributed by atoms with Crippen LogP contribution in [0, 0.1) is 23.7 Å². The fourth-order valence-corrected chi connectivity index (χ4v) is 4.27. The normalized spacial score (nSPS) is 46.9. The van der Waals surface area contributed by atoms with Crippen molar-refractivity contribution in [2.45, 2.75) is 45.1 Å². The highest BCUT2D eigenvalue weighted by Gasteiger charge is 2.48. The summed E-state index contributed by atoms with van der Waals surface area (Å²) in [7, 11) is 0. The van der Waals surface area contributed by atoms with E-state index < -0.39 is 0 Å². The summed E-state index contributed by atoms with van der Waals surface area (Å²) < 4.78 is 0. The lowest BCUT2D eigenvalue weighted by Gasteiger charge is -2.53. The SMILES string of the molecule is CC(=O)ONC1C2CC3CC(C2)CC1C3. The molecular weight excluding hydrogens is 190 g/mol. The third kappa shape index (κ3) is 1.67. The lowest BCUT2D eigenvalue weighted by atomic mass is 9.54. The molecule has 0 amide bonds. The van der Waals surface area contributed by atoms with Crippen molar-refractivity contribution in [3.8, 4) is 0 Å². The van der Waals surface area contributed by atoms with Crippen LogP contribution in [0.4, 0.5) is 0 Å². The second kappa shape index (κ2) is 3.48. The highest BCUT2D eigenvalue weighted by molar-refractivity contribution is 5.65. The van der Waals surface area contributed by atoms with E-state index in [0.717, 1.165) is 23.7 Å². The second-order valence-corrected chi connectivity index (χ2v) is 5.67. The number of carbonyl (C=O) groups excluding carboxylic acids is 1. The molecule has 0 aromatic carbocycles. The van der Waals surface area contributed by atoms with Gasteiger partial charge in [-0.2, -0.15) is 0 Å². The molecule has 15 heavy (non-hydrogen) atoms. The van der Waals surface area contributed by atoms with Gasteiger partial charge in [0.2, 0.25) is 0 Å². The first-order chi connectivity index (χ1) is 7.22. The number of hydroxylamine groups is 1. The van der Waals surface area contributed by atoms with Crippen molar-refractivity contribution in [3.63, 3.8) is 0 Å². The summed E-state index contributed by atoms with van der Waals surface area (Å²) in [6.07, 6.45) is 6.88. The van der Waals surface area contributed by atoms with Crippen molar-refractivity contribution in [3.05, 3.63) is 0 Å². The van der Waals surface area contributed by atoms with Crippen LogP contribution in [0.5, 0.6) is 0 Å². The van der Waals surface area contributed by atoms with Crippen molar-refractivity contribution in [2.75, 3.05) is 0 Å². The van der Waals surface area contributed by atoms with Gasteiger partial charge in [0.15, 0.2) is 0 Å². The van der Waals surface area contributed by atoms with Crippen molar-refractivity contribution in [1.82, 2.24) is 5.48 Å². The number of hydrogen-bond donors (Lipinski definition) is 1. The number of carbonyl (C=O) groups is 1. The minimum Gasteiger partial charge on any atom is -0.371 e. The van der Waals surface area contributed by atoms with E-state index in [4.69, 9.17) is 4.84 Å². The first-order valence-corrected chi connectivity index (χ1v) is 6.15. The molecule has 0 heterocycles. The fraction of sp³-hybridized carbons (Fsp3) is 0.917. The largest absolute Gasteiger partial charge is 0.371 e. The molecule has 0 aliphatic heterocycles. The van der Waals surface area contributed by atoms with Gasteiger partial charge in [0.25, 0.3) is 0 Å². The molecule has 4 fully saturated rings. The first-order valence-electron chi connectivity index (χ1n) is 6.15. The van der Waals surface area contributed by atoms with Gasteiger partial charge < -0.3 is 4.84 Å². The molecule has 4 aliphatic rings. The van der Waals surface area contributed by atoms with E-state index >= 15 is 0 Å². The first kappa shape index (κ1) is 9.64. The topological polar surface area (TPSA) is 38.3 Å². The van der Waals surface area contributed by atoms with Crippen LogP contribution in [-0.4, -0.2) is 12.0 Å². The third-order valence-electron chi connectivity index (χ3n) is 4.57. The average molecular weight is 209 g/mol. The molecule has 0 aromatic heterocycles. The molecule has 0 atom stereocenters. The summed E-state index contributed by atoms with van der Waals surface area (Å²) >= 11 is 0. The van der Waals surface area contributed by atoms with E-state index in [-0.39, 0.29) is 5.97 Å². The molecular formula is C12H19NO2. The van der Waals surface area contributed by atoms with E-state index in [2.05, 4.69) is 5.48 Å². The lowest BCUT2D eigenvalue weighted by Crippen LogP contribution is -2.54. The smallest absolute Gasteiger partial charge is 0.321 e. The Bertz CT molecular complexity index is 249. The van der Waals surface area contributed by atoms with Crippen LogP contribution in [0.25, 0.3) is 0 Å². The monoisotopic (exact) mass is 209 g/mol. The van der Waals surface area contributed by atoms with E-state index in [0.29, 0.717) is 6.04 Å². The second-order valence-electron chi connectivity index (χ2n) is 5.67. The van der Waals surface area contributed by atoms with Gasteiger partial charge in [0.1, 0.15) is 0 Å². The van der Waals surface area contributed by atoms with E-state index in [9.17, 15) is 4.79 Å². The fourth-order valence-electron chi connectivity index (χ4n) is 4.27. The standard InChI is InChI=1S/C12H19NO2/c1-7(14)15-13-12-10-3-8-2-9(5-10)6-11(12)4-8/h8-13H,2-6H2,1H3. The maximum Gasteiger partial charge on any atom is 0.321 e. The van der Waals surface area contributed by atoms with Crippen molar-refractivity contribution >= 4 is 5.97 Å². The molecule has 4 rings (SSSR count). The van der Waals surface area contributed by atoms with Crippen LogP contribution in [0.1, 0.15) is 39.0 Å². The van der Waals surface area contributed by atoms with Crippen molar-refractivity contribution < 1.29 is 9.63 Å². The third-order valence-corrected chi connectivity index (χ3v) is 4.57. The zero-order valence-corrected chi connectivity index (χ0v) is 9.24. The lowest BCUT2D eigenvalue weighted by molar-refractivity contribution is -0.157. The Labute approximate surface area is 90.5 Å². The van der Waals surface area contributed by atoms with Crippen molar-refractivity contribution in [2.24, 2.45) is 23.7 Å². The van der Waals surface area contributed by atoms with Gasteiger partial charge in [0.05, 0.1) is 0 Å². The molecule has 0 radical (unpaired) electrons. The van der Waals surface area contributed by atoms with Crippen LogP contribution in [0.2, 0.25) is 0 Å². The summed E-state index contributed by atoms with van der Waals surface area (Å²) in [4.78, 5) is 15.8. The van der Waals surface area contributed by atoms with Gasteiger partial charge in [-0.25, -0.2) is 0 Å². The molecule has 4 aliphatic carbocycles. The quantitative estimate of drug-likeness (QED) is 0.706. The van der Waals surface area contributed by atoms with Crippen LogP contribution < -0.4 is 5.48 Å². The summed E-state index contributed by atoms with van der Waals surface area (Å²) in [5.74, 6) is 3.26. The molecule has 4 bridgehead atoms. The van der Waals surface area contributed by atoms with Gasteiger partial charge in [-0.1, -0.05) is 0 Å². The Morgan fingerprint density at radius 1 is 1.07 bits per heavy atom. The Morgan fingerprint density at radius 3 is 2.07 bits per heavy atom. The van der Waals surface area contributed by atoms with E-state index in [1.54, 1.807) is 0 Å².